The van der Waals surface area contributed by atoms with Crippen LogP contribution in [-0.4, -0.2) is 69.9 Å². The van der Waals surface area contributed by atoms with E-state index in [0.29, 0.717) is 19.5 Å². The molecule has 0 aromatic carbocycles. The van der Waals surface area contributed by atoms with Gasteiger partial charge in [-0.3, -0.25) is 4.90 Å². The molecule has 1 fully saturated rings. The standard InChI is InChI=1S/C8H17NO4/c10-3-1-2-9-4-7(12)8(13)6(9)5-11/h6-8,10-13H,1-5H2/t6-,7-,8-/m0/s1. The monoisotopic (exact) mass is 191 g/mol. The number of rotatable bonds is 4. The predicted molar refractivity (Wildman–Crippen MR) is 46.2 cm³/mol. The Bertz CT molecular complexity index is 155. The Balaban J connectivity index is 2.44. The van der Waals surface area contributed by atoms with E-state index in [2.05, 4.69) is 0 Å². The van der Waals surface area contributed by atoms with Gasteiger partial charge in [0.05, 0.1) is 24.9 Å². The number of hydrogen-bond donors (Lipinski definition) is 4. The highest BCUT2D eigenvalue weighted by atomic mass is 16.3. The Kier molecular flexibility index (Phi) is 4.08. The van der Waals surface area contributed by atoms with Crippen molar-refractivity contribution in [2.75, 3.05) is 26.3 Å². The molecule has 0 saturated carbocycles. The van der Waals surface area contributed by atoms with Crippen molar-refractivity contribution in [2.45, 2.75) is 24.7 Å². The van der Waals surface area contributed by atoms with Crippen molar-refractivity contribution in [3.05, 3.63) is 0 Å². The summed E-state index contributed by atoms with van der Waals surface area (Å²) in [5, 5.41) is 36.3. The van der Waals surface area contributed by atoms with Crippen LogP contribution >= 0.6 is 0 Å². The highest BCUT2D eigenvalue weighted by Gasteiger charge is 2.38. The fraction of sp³-hybridized carbons (Fsp3) is 1.00. The zero-order chi connectivity index (χ0) is 9.84. The van der Waals surface area contributed by atoms with Crippen LogP contribution in [0.2, 0.25) is 0 Å². The van der Waals surface area contributed by atoms with Crippen LogP contribution < -0.4 is 0 Å². The summed E-state index contributed by atoms with van der Waals surface area (Å²) in [6.07, 6.45) is -1.06. The summed E-state index contributed by atoms with van der Waals surface area (Å²) >= 11 is 0. The molecule has 0 bridgehead atoms. The third-order valence-electron chi connectivity index (χ3n) is 2.47. The van der Waals surface area contributed by atoms with Crippen LogP contribution in [0.15, 0.2) is 0 Å². The average molecular weight is 191 g/mol. The van der Waals surface area contributed by atoms with Gasteiger partial charge < -0.3 is 20.4 Å². The first-order valence-electron chi connectivity index (χ1n) is 4.52. The van der Waals surface area contributed by atoms with E-state index >= 15 is 0 Å². The Morgan fingerprint density at radius 3 is 2.46 bits per heavy atom. The van der Waals surface area contributed by atoms with E-state index in [0.717, 1.165) is 0 Å². The van der Waals surface area contributed by atoms with E-state index in [-0.39, 0.29) is 19.3 Å². The molecule has 4 N–H and O–H groups in total. The lowest BCUT2D eigenvalue weighted by Gasteiger charge is -2.23. The van der Waals surface area contributed by atoms with E-state index in [4.69, 9.17) is 10.2 Å². The highest BCUT2D eigenvalue weighted by molar-refractivity contribution is 4.92. The molecule has 1 saturated heterocycles. The van der Waals surface area contributed by atoms with Crippen LogP contribution in [0.3, 0.4) is 0 Å². The van der Waals surface area contributed by atoms with Crippen molar-refractivity contribution in [3.8, 4) is 0 Å². The molecule has 0 aromatic heterocycles. The van der Waals surface area contributed by atoms with Crippen LogP contribution in [-0.2, 0) is 0 Å². The van der Waals surface area contributed by atoms with Gasteiger partial charge >= 0.3 is 0 Å². The van der Waals surface area contributed by atoms with Gasteiger partial charge in [0.25, 0.3) is 0 Å². The first-order chi connectivity index (χ1) is 6.20. The Morgan fingerprint density at radius 2 is 1.92 bits per heavy atom. The summed E-state index contributed by atoms with van der Waals surface area (Å²) in [4.78, 5) is 1.80. The second-order valence-electron chi connectivity index (χ2n) is 3.38. The molecule has 0 spiro atoms. The lowest BCUT2D eigenvalue weighted by atomic mass is 10.1. The smallest absolute Gasteiger partial charge is 0.0988 e. The van der Waals surface area contributed by atoms with Gasteiger partial charge in [0, 0.05) is 19.7 Å². The molecule has 5 nitrogen and oxygen atoms in total. The largest absolute Gasteiger partial charge is 0.396 e. The summed E-state index contributed by atoms with van der Waals surface area (Å²) in [6.45, 7) is 0.882. The summed E-state index contributed by atoms with van der Waals surface area (Å²) in [6, 6.07) is -0.387. The summed E-state index contributed by atoms with van der Waals surface area (Å²) in [7, 11) is 0. The second-order valence-corrected chi connectivity index (χ2v) is 3.38. The molecule has 1 aliphatic rings. The third-order valence-corrected chi connectivity index (χ3v) is 2.47. The molecule has 3 atom stereocenters. The first-order valence-corrected chi connectivity index (χ1v) is 4.52. The molecule has 0 amide bonds. The highest BCUT2D eigenvalue weighted by Crippen LogP contribution is 2.18. The van der Waals surface area contributed by atoms with Crippen molar-refractivity contribution < 1.29 is 20.4 Å². The van der Waals surface area contributed by atoms with E-state index in [1.807, 2.05) is 0 Å². The van der Waals surface area contributed by atoms with Crippen molar-refractivity contribution in [1.82, 2.24) is 4.90 Å². The number of hydrogen-bond acceptors (Lipinski definition) is 5. The zero-order valence-corrected chi connectivity index (χ0v) is 7.50. The van der Waals surface area contributed by atoms with Gasteiger partial charge in [0.15, 0.2) is 0 Å². The molecule has 1 heterocycles. The number of aliphatic hydroxyl groups excluding tert-OH is 4. The molecule has 1 aliphatic heterocycles. The molecule has 13 heavy (non-hydrogen) atoms. The lowest BCUT2D eigenvalue weighted by molar-refractivity contribution is 0.0213. The lowest BCUT2D eigenvalue weighted by Crippen LogP contribution is -2.39. The van der Waals surface area contributed by atoms with Crippen LogP contribution in [0.5, 0.6) is 0 Å². The maximum Gasteiger partial charge on any atom is 0.0988 e. The molecule has 1 rings (SSSR count). The second kappa shape index (κ2) is 4.88. The fourth-order valence-electron chi connectivity index (χ4n) is 1.71. The first kappa shape index (κ1) is 10.9. The topological polar surface area (TPSA) is 84.2 Å². The van der Waals surface area contributed by atoms with Gasteiger partial charge in [-0.05, 0) is 6.42 Å². The van der Waals surface area contributed by atoms with E-state index in [9.17, 15) is 10.2 Å². The summed E-state index contributed by atoms with van der Waals surface area (Å²) in [5.41, 5.74) is 0. The minimum atomic E-state index is -0.872. The quantitative estimate of drug-likeness (QED) is 0.404. The van der Waals surface area contributed by atoms with Gasteiger partial charge in [0.1, 0.15) is 0 Å². The Morgan fingerprint density at radius 1 is 1.23 bits per heavy atom. The van der Waals surface area contributed by atoms with E-state index in [1.54, 1.807) is 4.90 Å². The average Bonchev–Trinajstić information content (AvgIpc) is 2.39. The Hall–Kier alpha value is -0.200. The van der Waals surface area contributed by atoms with Gasteiger partial charge in [-0.25, -0.2) is 0 Å². The molecule has 78 valence electrons. The van der Waals surface area contributed by atoms with Crippen LogP contribution in [0.4, 0.5) is 0 Å². The van der Waals surface area contributed by atoms with Gasteiger partial charge in [-0.2, -0.15) is 0 Å². The van der Waals surface area contributed by atoms with Crippen LogP contribution in [0, 0.1) is 0 Å². The fourth-order valence-corrected chi connectivity index (χ4v) is 1.71. The number of nitrogens with zero attached hydrogens (tertiary/aromatic N) is 1. The Labute approximate surface area is 77.2 Å². The van der Waals surface area contributed by atoms with Gasteiger partial charge in [-0.15, -0.1) is 0 Å². The SMILES string of the molecule is OCCCN1C[C@H](O)[C@@H](O)[C@@H]1CO. The number of likely N-dealkylation sites (tertiary alicyclic amines) is 1. The zero-order valence-electron chi connectivity index (χ0n) is 7.50. The normalized spacial score (nSPS) is 35.5. The van der Waals surface area contributed by atoms with Gasteiger partial charge in [0.2, 0.25) is 0 Å². The summed E-state index contributed by atoms with van der Waals surface area (Å²) in [5.74, 6) is 0. The molecule has 0 radical (unpaired) electrons. The van der Waals surface area contributed by atoms with Gasteiger partial charge in [-0.1, -0.05) is 0 Å². The van der Waals surface area contributed by atoms with Crippen molar-refractivity contribution in [2.24, 2.45) is 0 Å². The van der Waals surface area contributed by atoms with E-state index < -0.39 is 12.2 Å². The summed E-state index contributed by atoms with van der Waals surface area (Å²) < 4.78 is 0. The van der Waals surface area contributed by atoms with Crippen molar-refractivity contribution in [1.29, 1.82) is 0 Å². The minimum Gasteiger partial charge on any atom is -0.396 e. The maximum absolute atomic E-state index is 9.41. The van der Waals surface area contributed by atoms with Crippen molar-refractivity contribution >= 4 is 0 Å². The molecule has 0 aromatic rings. The molecule has 5 heteroatoms. The predicted octanol–water partition coefficient (Wildman–Crippen LogP) is -2.23. The molecule has 0 aliphatic carbocycles. The third kappa shape index (κ3) is 2.38. The van der Waals surface area contributed by atoms with E-state index in [1.165, 1.54) is 0 Å². The maximum atomic E-state index is 9.41. The van der Waals surface area contributed by atoms with Crippen LogP contribution in [0.1, 0.15) is 6.42 Å². The van der Waals surface area contributed by atoms with Crippen molar-refractivity contribution in [3.63, 3.8) is 0 Å². The minimum absolute atomic E-state index is 0.0842. The molecule has 0 unspecified atom stereocenters. The molecular weight excluding hydrogens is 174 g/mol. The number of β-amino-alcohol motifs (C(OH)–C–C–N with tert-alkyl or cyclic N) is 1. The number of aliphatic hydroxyl groups is 4. The molecular formula is C8H17NO4. The van der Waals surface area contributed by atoms with Crippen LogP contribution in [0.25, 0.3) is 0 Å².